The Balaban J connectivity index is 1.75. The van der Waals surface area contributed by atoms with E-state index in [-0.39, 0.29) is 16.8 Å². The first-order valence-electron chi connectivity index (χ1n) is 6.97. The van der Waals surface area contributed by atoms with Crippen LogP contribution in [-0.2, 0) is 14.3 Å². The van der Waals surface area contributed by atoms with E-state index in [0.29, 0.717) is 17.3 Å². The van der Waals surface area contributed by atoms with Crippen LogP contribution in [-0.4, -0.2) is 31.1 Å². The van der Waals surface area contributed by atoms with Gasteiger partial charge in [0.2, 0.25) is 0 Å². The summed E-state index contributed by atoms with van der Waals surface area (Å²) < 4.78 is 5.48. The molecule has 2 amide bonds. The van der Waals surface area contributed by atoms with E-state index >= 15 is 0 Å². The summed E-state index contributed by atoms with van der Waals surface area (Å²) in [5, 5.41) is 3.38. The van der Waals surface area contributed by atoms with Crippen LogP contribution in [0.4, 0.5) is 5.69 Å². The Hall–Kier alpha value is -1.56. The van der Waals surface area contributed by atoms with E-state index < -0.39 is 11.8 Å². The van der Waals surface area contributed by atoms with E-state index in [2.05, 4.69) is 5.32 Å². The second-order valence-electron chi connectivity index (χ2n) is 5.13. The van der Waals surface area contributed by atoms with Crippen molar-refractivity contribution in [3.63, 3.8) is 0 Å². The van der Waals surface area contributed by atoms with Crippen LogP contribution in [0.3, 0.4) is 0 Å². The first-order valence-corrected chi connectivity index (χ1v) is 7.73. The Morgan fingerprint density at radius 1 is 1.18 bits per heavy atom. The highest BCUT2D eigenvalue weighted by molar-refractivity contribution is 6.52. The number of carbonyl (C=O) groups excluding carboxylic acids is 2. The number of nitrogens with one attached hydrogen (secondary N) is 1. The van der Waals surface area contributed by atoms with Crippen molar-refractivity contribution >= 4 is 40.7 Å². The standard InChI is InChI=1S/C15H14Cl2N2O3/c16-9-3-5-10(6-4-9)19-14(20)12(17)13(15(19)21)18-8-11-2-1-7-22-11/h3-6,11,18H,1-2,7-8H2. The fourth-order valence-electron chi connectivity index (χ4n) is 2.50. The highest BCUT2D eigenvalue weighted by Gasteiger charge is 2.39. The maximum absolute atomic E-state index is 12.4. The molecule has 2 aliphatic heterocycles. The van der Waals surface area contributed by atoms with Gasteiger partial charge < -0.3 is 10.1 Å². The van der Waals surface area contributed by atoms with E-state index in [0.717, 1.165) is 24.3 Å². The van der Waals surface area contributed by atoms with Crippen molar-refractivity contribution in [2.45, 2.75) is 18.9 Å². The highest BCUT2D eigenvalue weighted by atomic mass is 35.5. The van der Waals surface area contributed by atoms with E-state index in [1.807, 2.05) is 0 Å². The molecule has 1 unspecified atom stereocenters. The third-order valence-corrected chi connectivity index (χ3v) is 4.25. The van der Waals surface area contributed by atoms with Crippen LogP contribution in [0.5, 0.6) is 0 Å². The zero-order valence-corrected chi connectivity index (χ0v) is 13.2. The number of amides is 2. The predicted octanol–water partition coefficient (Wildman–Crippen LogP) is 2.43. The van der Waals surface area contributed by atoms with Gasteiger partial charge in [0.1, 0.15) is 10.7 Å². The molecule has 0 spiro atoms. The topological polar surface area (TPSA) is 58.6 Å². The third-order valence-electron chi connectivity index (χ3n) is 3.64. The van der Waals surface area contributed by atoms with Crippen LogP contribution >= 0.6 is 23.2 Å². The Kier molecular flexibility index (Phi) is 4.38. The van der Waals surface area contributed by atoms with Crippen molar-refractivity contribution < 1.29 is 14.3 Å². The van der Waals surface area contributed by atoms with Gasteiger partial charge in [-0.3, -0.25) is 9.59 Å². The summed E-state index contributed by atoms with van der Waals surface area (Å²) in [5.41, 5.74) is 0.559. The molecule has 0 saturated carbocycles. The Morgan fingerprint density at radius 2 is 1.91 bits per heavy atom. The summed E-state index contributed by atoms with van der Waals surface area (Å²) in [6.07, 6.45) is 1.98. The van der Waals surface area contributed by atoms with Crippen LogP contribution in [0.15, 0.2) is 35.0 Å². The van der Waals surface area contributed by atoms with Crippen LogP contribution in [0.2, 0.25) is 5.02 Å². The molecule has 5 nitrogen and oxygen atoms in total. The molecular weight excluding hydrogens is 327 g/mol. The maximum Gasteiger partial charge on any atom is 0.283 e. The summed E-state index contributed by atoms with van der Waals surface area (Å²) in [5.74, 6) is -1.00. The van der Waals surface area contributed by atoms with Gasteiger partial charge in [-0.15, -0.1) is 0 Å². The van der Waals surface area contributed by atoms with Gasteiger partial charge in [-0.25, -0.2) is 4.90 Å². The Labute approximate surface area is 137 Å². The quantitative estimate of drug-likeness (QED) is 0.855. The van der Waals surface area contributed by atoms with Crippen LogP contribution in [0, 0.1) is 0 Å². The molecule has 0 bridgehead atoms. The van der Waals surface area contributed by atoms with Crippen LogP contribution in [0.1, 0.15) is 12.8 Å². The van der Waals surface area contributed by atoms with Gasteiger partial charge in [-0.2, -0.15) is 0 Å². The van der Waals surface area contributed by atoms with E-state index in [9.17, 15) is 9.59 Å². The second kappa shape index (κ2) is 6.28. The minimum absolute atomic E-state index is 0.0458. The fraction of sp³-hybridized carbons (Fsp3) is 0.333. The number of halogens is 2. The normalized spacial score (nSPS) is 21.9. The number of imide groups is 1. The third kappa shape index (κ3) is 2.84. The van der Waals surface area contributed by atoms with Gasteiger partial charge in [-0.1, -0.05) is 23.2 Å². The largest absolute Gasteiger partial charge is 0.377 e. The van der Waals surface area contributed by atoms with E-state index in [1.165, 1.54) is 0 Å². The average molecular weight is 341 g/mol. The SMILES string of the molecule is O=C1C(Cl)=C(NCC2CCCO2)C(=O)N1c1ccc(Cl)cc1. The van der Waals surface area contributed by atoms with Crippen molar-refractivity contribution in [3.05, 3.63) is 40.0 Å². The second-order valence-corrected chi connectivity index (χ2v) is 5.94. The van der Waals surface area contributed by atoms with Gasteiger partial charge in [0.15, 0.2) is 0 Å². The first kappa shape index (κ1) is 15.3. The first-order chi connectivity index (χ1) is 10.6. The fourth-order valence-corrected chi connectivity index (χ4v) is 2.86. The lowest BCUT2D eigenvalue weighted by Crippen LogP contribution is -2.35. The molecule has 1 saturated heterocycles. The predicted molar refractivity (Wildman–Crippen MR) is 83.8 cm³/mol. The van der Waals surface area contributed by atoms with Gasteiger partial charge in [-0.05, 0) is 37.1 Å². The molecule has 2 heterocycles. The van der Waals surface area contributed by atoms with Gasteiger partial charge >= 0.3 is 0 Å². The van der Waals surface area contributed by atoms with Crippen LogP contribution in [0.25, 0.3) is 0 Å². The lowest BCUT2D eigenvalue weighted by Gasteiger charge is -2.16. The molecule has 1 N–H and O–H groups in total. The Morgan fingerprint density at radius 3 is 2.55 bits per heavy atom. The average Bonchev–Trinajstić information content (AvgIpc) is 3.08. The number of hydrogen-bond donors (Lipinski definition) is 1. The number of nitrogens with zero attached hydrogens (tertiary/aromatic N) is 1. The van der Waals surface area contributed by atoms with Crippen molar-refractivity contribution in [2.24, 2.45) is 0 Å². The zero-order chi connectivity index (χ0) is 15.7. The lowest BCUT2D eigenvalue weighted by molar-refractivity contribution is -0.120. The number of anilines is 1. The molecule has 1 atom stereocenters. The summed E-state index contributed by atoms with van der Waals surface area (Å²) in [6.45, 7) is 1.18. The monoisotopic (exact) mass is 340 g/mol. The molecule has 3 rings (SSSR count). The summed E-state index contributed by atoms with van der Waals surface area (Å²) in [4.78, 5) is 25.7. The molecule has 1 aromatic carbocycles. The molecule has 0 aromatic heterocycles. The van der Waals surface area contributed by atoms with Crippen molar-refractivity contribution in [1.29, 1.82) is 0 Å². The minimum atomic E-state index is -0.538. The van der Waals surface area contributed by atoms with Crippen molar-refractivity contribution in [2.75, 3.05) is 18.1 Å². The molecule has 22 heavy (non-hydrogen) atoms. The van der Waals surface area contributed by atoms with Gasteiger partial charge in [0.05, 0.1) is 11.8 Å². The molecule has 0 aliphatic carbocycles. The number of ether oxygens (including phenoxy) is 1. The molecule has 1 aromatic rings. The minimum Gasteiger partial charge on any atom is -0.377 e. The number of hydrogen-bond acceptors (Lipinski definition) is 4. The molecule has 116 valence electrons. The maximum atomic E-state index is 12.4. The Bertz CT molecular complexity index is 637. The number of benzene rings is 1. The van der Waals surface area contributed by atoms with Gasteiger partial charge in [0.25, 0.3) is 11.8 Å². The molecular formula is C15H14Cl2N2O3. The van der Waals surface area contributed by atoms with Gasteiger partial charge in [0, 0.05) is 18.2 Å². The molecule has 0 radical (unpaired) electrons. The molecule has 2 aliphatic rings. The van der Waals surface area contributed by atoms with Crippen molar-refractivity contribution in [3.8, 4) is 0 Å². The number of carbonyl (C=O) groups is 2. The summed E-state index contributed by atoms with van der Waals surface area (Å²) in [6, 6.07) is 6.43. The molecule has 7 heteroatoms. The van der Waals surface area contributed by atoms with Crippen molar-refractivity contribution in [1.82, 2.24) is 5.32 Å². The van der Waals surface area contributed by atoms with E-state index in [1.54, 1.807) is 24.3 Å². The molecule has 1 fully saturated rings. The lowest BCUT2D eigenvalue weighted by atomic mass is 10.2. The summed E-state index contributed by atoms with van der Waals surface area (Å²) in [7, 11) is 0. The summed E-state index contributed by atoms with van der Waals surface area (Å²) >= 11 is 11.8. The zero-order valence-electron chi connectivity index (χ0n) is 11.6. The van der Waals surface area contributed by atoms with E-state index in [4.69, 9.17) is 27.9 Å². The highest BCUT2D eigenvalue weighted by Crippen LogP contribution is 2.29. The van der Waals surface area contributed by atoms with Crippen LogP contribution < -0.4 is 10.2 Å². The smallest absolute Gasteiger partial charge is 0.283 e. The number of rotatable bonds is 4.